The van der Waals surface area contributed by atoms with Gasteiger partial charge in [-0.15, -0.1) is 0 Å². The Morgan fingerprint density at radius 2 is 2.28 bits per heavy atom. The maximum absolute atomic E-state index is 11.2. The summed E-state index contributed by atoms with van der Waals surface area (Å²) in [5, 5.41) is 2.77. The van der Waals surface area contributed by atoms with E-state index in [0.717, 1.165) is 12.0 Å². The van der Waals surface area contributed by atoms with Crippen LogP contribution in [0.5, 0.6) is 5.75 Å². The first kappa shape index (κ1) is 12.4. The zero-order chi connectivity index (χ0) is 13.1. The van der Waals surface area contributed by atoms with E-state index in [9.17, 15) is 9.59 Å². The lowest BCUT2D eigenvalue weighted by molar-refractivity contribution is -0.127. The number of amides is 2. The SMILES string of the molecule is CC(=O)N(C)CCc1ccc2c(c1)NC(=O)CO2. The molecular formula is C13H16N2O3. The number of nitrogens with zero attached hydrogens (tertiary/aromatic N) is 1. The van der Waals surface area contributed by atoms with Gasteiger partial charge in [0.25, 0.3) is 5.91 Å². The number of likely N-dealkylation sites (N-methyl/N-ethyl adjacent to an activating group) is 1. The molecule has 18 heavy (non-hydrogen) atoms. The predicted octanol–water partition coefficient (Wildman–Crippen LogP) is 1.04. The average molecular weight is 248 g/mol. The second kappa shape index (κ2) is 5.08. The van der Waals surface area contributed by atoms with Crippen molar-refractivity contribution < 1.29 is 14.3 Å². The van der Waals surface area contributed by atoms with E-state index in [-0.39, 0.29) is 18.4 Å². The third kappa shape index (κ3) is 2.80. The van der Waals surface area contributed by atoms with Crippen molar-refractivity contribution in [3.8, 4) is 5.75 Å². The van der Waals surface area contributed by atoms with Gasteiger partial charge in [-0.1, -0.05) is 6.07 Å². The van der Waals surface area contributed by atoms with Gasteiger partial charge in [-0.05, 0) is 24.1 Å². The van der Waals surface area contributed by atoms with E-state index in [0.29, 0.717) is 18.0 Å². The molecule has 0 bridgehead atoms. The highest BCUT2D eigenvalue weighted by Crippen LogP contribution is 2.28. The fourth-order valence-corrected chi connectivity index (χ4v) is 1.74. The van der Waals surface area contributed by atoms with Crippen molar-refractivity contribution in [2.45, 2.75) is 13.3 Å². The van der Waals surface area contributed by atoms with Gasteiger partial charge in [0.2, 0.25) is 5.91 Å². The molecule has 2 amide bonds. The minimum absolute atomic E-state index is 0.0459. The summed E-state index contributed by atoms with van der Waals surface area (Å²) in [6.45, 7) is 2.27. The van der Waals surface area contributed by atoms with Crippen LogP contribution >= 0.6 is 0 Å². The Morgan fingerprint density at radius 3 is 3.00 bits per heavy atom. The van der Waals surface area contributed by atoms with Crippen molar-refractivity contribution in [1.29, 1.82) is 0 Å². The van der Waals surface area contributed by atoms with E-state index >= 15 is 0 Å². The van der Waals surface area contributed by atoms with Gasteiger partial charge in [-0.3, -0.25) is 9.59 Å². The Morgan fingerprint density at radius 1 is 1.50 bits per heavy atom. The molecule has 0 saturated heterocycles. The third-order valence-electron chi connectivity index (χ3n) is 2.95. The molecule has 5 nitrogen and oxygen atoms in total. The van der Waals surface area contributed by atoms with E-state index in [2.05, 4.69) is 5.32 Å². The van der Waals surface area contributed by atoms with Crippen LogP contribution < -0.4 is 10.1 Å². The molecule has 96 valence electrons. The molecule has 0 aliphatic carbocycles. The number of benzene rings is 1. The standard InChI is InChI=1S/C13H16N2O3/c1-9(16)15(2)6-5-10-3-4-12-11(7-10)14-13(17)8-18-12/h3-4,7H,5-6,8H2,1-2H3,(H,14,17). The molecule has 0 radical (unpaired) electrons. The molecule has 1 heterocycles. The molecule has 0 atom stereocenters. The smallest absolute Gasteiger partial charge is 0.262 e. The molecule has 1 N–H and O–H groups in total. The third-order valence-corrected chi connectivity index (χ3v) is 2.95. The molecule has 0 aromatic heterocycles. The second-order valence-corrected chi connectivity index (χ2v) is 4.36. The highest BCUT2D eigenvalue weighted by molar-refractivity contribution is 5.95. The van der Waals surface area contributed by atoms with Gasteiger partial charge in [0.15, 0.2) is 6.61 Å². The number of carbonyl (C=O) groups excluding carboxylic acids is 2. The fraction of sp³-hybridized carbons (Fsp3) is 0.385. The monoisotopic (exact) mass is 248 g/mol. The molecule has 1 aliphatic rings. The molecule has 1 aliphatic heterocycles. The van der Waals surface area contributed by atoms with Crippen molar-refractivity contribution in [2.75, 3.05) is 25.5 Å². The topological polar surface area (TPSA) is 58.6 Å². The summed E-state index contributed by atoms with van der Waals surface area (Å²) in [7, 11) is 1.77. The maximum Gasteiger partial charge on any atom is 0.262 e. The van der Waals surface area contributed by atoms with Gasteiger partial charge in [-0.25, -0.2) is 0 Å². The van der Waals surface area contributed by atoms with E-state index in [4.69, 9.17) is 4.74 Å². The van der Waals surface area contributed by atoms with Crippen LogP contribution in [-0.4, -0.2) is 36.9 Å². The van der Waals surface area contributed by atoms with Gasteiger partial charge in [0.1, 0.15) is 5.75 Å². The Kier molecular flexibility index (Phi) is 3.50. The number of nitrogens with one attached hydrogen (secondary N) is 1. The Labute approximate surface area is 106 Å². The van der Waals surface area contributed by atoms with Crippen molar-refractivity contribution in [2.24, 2.45) is 0 Å². The van der Waals surface area contributed by atoms with Crippen molar-refractivity contribution in [1.82, 2.24) is 4.90 Å². The quantitative estimate of drug-likeness (QED) is 0.869. The predicted molar refractivity (Wildman–Crippen MR) is 67.6 cm³/mol. The van der Waals surface area contributed by atoms with Crippen LogP contribution in [0.3, 0.4) is 0 Å². The number of anilines is 1. The van der Waals surface area contributed by atoms with Crippen molar-refractivity contribution in [3.05, 3.63) is 23.8 Å². The number of carbonyl (C=O) groups is 2. The van der Waals surface area contributed by atoms with Gasteiger partial charge in [0.05, 0.1) is 5.69 Å². The Bertz CT molecular complexity index is 485. The minimum Gasteiger partial charge on any atom is -0.482 e. The summed E-state index contributed by atoms with van der Waals surface area (Å²) in [5.41, 5.74) is 1.77. The lowest BCUT2D eigenvalue weighted by Gasteiger charge is -2.19. The van der Waals surface area contributed by atoms with Crippen molar-refractivity contribution in [3.63, 3.8) is 0 Å². The number of fused-ring (bicyclic) bond motifs is 1. The lowest BCUT2D eigenvalue weighted by Crippen LogP contribution is -2.27. The van der Waals surface area contributed by atoms with E-state index in [1.165, 1.54) is 0 Å². The van der Waals surface area contributed by atoms with E-state index in [1.54, 1.807) is 18.9 Å². The molecule has 0 saturated carbocycles. The highest BCUT2D eigenvalue weighted by atomic mass is 16.5. The Hall–Kier alpha value is -2.04. The summed E-state index contributed by atoms with van der Waals surface area (Å²) < 4.78 is 5.28. The molecule has 1 aromatic rings. The van der Waals surface area contributed by atoms with Crippen LogP contribution in [0.4, 0.5) is 5.69 Å². The molecule has 0 spiro atoms. The average Bonchev–Trinajstić information content (AvgIpc) is 2.35. The van der Waals surface area contributed by atoms with Crippen LogP contribution in [0.25, 0.3) is 0 Å². The first-order chi connectivity index (χ1) is 8.56. The largest absolute Gasteiger partial charge is 0.482 e. The van der Waals surface area contributed by atoms with Crippen LogP contribution in [0.15, 0.2) is 18.2 Å². The highest BCUT2D eigenvalue weighted by Gasteiger charge is 2.15. The number of hydrogen-bond donors (Lipinski definition) is 1. The fourth-order valence-electron chi connectivity index (χ4n) is 1.74. The summed E-state index contributed by atoms with van der Waals surface area (Å²) in [6, 6.07) is 5.68. The molecule has 2 rings (SSSR count). The maximum atomic E-state index is 11.2. The van der Waals surface area contributed by atoms with Crippen LogP contribution in [0.1, 0.15) is 12.5 Å². The van der Waals surface area contributed by atoms with Gasteiger partial charge >= 0.3 is 0 Å². The normalized spacial score (nSPS) is 13.3. The summed E-state index contributed by atoms with van der Waals surface area (Å²) in [5.74, 6) is 0.600. The van der Waals surface area contributed by atoms with E-state index in [1.807, 2.05) is 18.2 Å². The lowest BCUT2D eigenvalue weighted by atomic mass is 10.1. The second-order valence-electron chi connectivity index (χ2n) is 4.36. The molecule has 5 heteroatoms. The molecular weight excluding hydrogens is 232 g/mol. The van der Waals surface area contributed by atoms with Crippen LogP contribution in [-0.2, 0) is 16.0 Å². The number of hydrogen-bond acceptors (Lipinski definition) is 3. The molecule has 0 unspecified atom stereocenters. The zero-order valence-corrected chi connectivity index (χ0v) is 10.5. The molecule has 1 aromatic carbocycles. The van der Waals surface area contributed by atoms with Gasteiger partial charge in [0, 0.05) is 20.5 Å². The summed E-state index contributed by atoms with van der Waals surface area (Å²) in [6.07, 6.45) is 0.749. The first-order valence-corrected chi connectivity index (χ1v) is 5.83. The summed E-state index contributed by atoms with van der Waals surface area (Å²) >= 11 is 0. The first-order valence-electron chi connectivity index (χ1n) is 5.83. The number of ether oxygens (including phenoxy) is 1. The number of rotatable bonds is 3. The minimum atomic E-state index is -0.138. The van der Waals surface area contributed by atoms with E-state index < -0.39 is 0 Å². The van der Waals surface area contributed by atoms with Gasteiger partial charge < -0.3 is 15.0 Å². The van der Waals surface area contributed by atoms with Crippen LogP contribution in [0, 0.1) is 0 Å². The zero-order valence-electron chi connectivity index (χ0n) is 10.5. The molecule has 0 fully saturated rings. The summed E-state index contributed by atoms with van der Waals surface area (Å²) in [4.78, 5) is 24.0. The van der Waals surface area contributed by atoms with Gasteiger partial charge in [-0.2, -0.15) is 0 Å². The van der Waals surface area contributed by atoms with Crippen molar-refractivity contribution >= 4 is 17.5 Å². The van der Waals surface area contributed by atoms with Crippen LogP contribution in [0.2, 0.25) is 0 Å². The Balaban J connectivity index is 2.04.